The van der Waals surface area contributed by atoms with Crippen LogP contribution in [0, 0.1) is 0 Å². The number of hydrogen-bond donors (Lipinski definition) is 3. The van der Waals surface area contributed by atoms with Crippen molar-refractivity contribution in [3.8, 4) is 0 Å². The summed E-state index contributed by atoms with van der Waals surface area (Å²) in [6.07, 6.45) is 0.440. The number of aliphatic hydroxyl groups is 1. The highest BCUT2D eigenvalue weighted by atomic mass is 35.5. The number of nitrogens with one attached hydrogen (secondary N) is 2. The van der Waals surface area contributed by atoms with Gasteiger partial charge in [0.05, 0.1) is 25.6 Å². The second kappa shape index (κ2) is 9.34. The zero-order valence-corrected chi connectivity index (χ0v) is 13.5. The fraction of sp³-hybridized carbons (Fsp3) is 0.538. The lowest BCUT2D eigenvalue weighted by Gasteiger charge is -2.13. The largest absolute Gasteiger partial charge is 0.389 e. The third-order valence-corrected chi connectivity index (χ3v) is 3.67. The van der Waals surface area contributed by atoms with E-state index in [1.807, 2.05) is 18.2 Å². The Hall–Kier alpha value is -0.700. The normalized spacial score (nSPS) is 13.3. The molecule has 0 heterocycles. The molecule has 1 aromatic rings. The van der Waals surface area contributed by atoms with Gasteiger partial charge in [0.15, 0.2) is 0 Å². The summed E-state index contributed by atoms with van der Waals surface area (Å²) < 4.78 is 29.4. The maximum atomic E-state index is 10.8. The molecular formula is C13H21ClN2O4S. The van der Waals surface area contributed by atoms with E-state index in [4.69, 9.17) is 16.3 Å². The molecule has 0 amide bonds. The average molecular weight is 337 g/mol. The van der Waals surface area contributed by atoms with Gasteiger partial charge in [-0.25, -0.2) is 13.1 Å². The molecule has 3 N–H and O–H groups in total. The third kappa shape index (κ3) is 9.02. The minimum absolute atomic E-state index is 0.178. The minimum atomic E-state index is -3.16. The Balaban J connectivity index is 2.09. The van der Waals surface area contributed by atoms with Crippen LogP contribution in [0.1, 0.15) is 5.56 Å². The molecule has 0 radical (unpaired) electrons. The van der Waals surface area contributed by atoms with Crippen molar-refractivity contribution in [1.82, 2.24) is 10.0 Å². The van der Waals surface area contributed by atoms with E-state index in [1.165, 1.54) is 0 Å². The van der Waals surface area contributed by atoms with E-state index in [9.17, 15) is 13.5 Å². The highest BCUT2D eigenvalue weighted by Crippen LogP contribution is 2.15. The second-order valence-corrected chi connectivity index (χ2v) is 6.87. The van der Waals surface area contributed by atoms with Gasteiger partial charge in [-0.1, -0.05) is 29.8 Å². The van der Waals surface area contributed by atoms with Gasteiger partial charge in [-0.15, -0.1) is 0 Å². The first kappa shape index (κ1) is 18.3. The molecule has 1 rings (SSSR count). The van der Waals surface area contributed by atoms with E-state index >= 15 is 0 Å². The quantitative estimate of drug-likeness (QED) is 0.537. The van der Waals surface area contributed by atoms with Crippen molar-refractivity contribution in [2.45, 2.75) is 12.7 Å². The van der Waals surface area contributed by atoms with Crippen LogP contribution in [0.2, 0.25) is 5.02 Å². The van der Waals surface area contributed by atoms with Crippen LogP contribution in [0.3, 0.4) is 0 Å². The molecule has 21 heavy (non-hydrogen) atoms. The van der Waals surface area contributed by atoms with Gasteiger partial charge < -0.3 is 15.2 Å². The maximum absolute atomic E-state index is 10.8. The topological polar surface area (TPSA) is 87.7 Å². The van der Waals surface area contributed by atoms with Gasteiger partial charge in [0, 0.05) is 24.7 Å². The zero-order chi connectivity index (χ0) is 15.7. The van der Waals surface area contributed by atoms with Crippen molar-refractivity contribution in [2.24, 2.45) is 0 Å². The molecule has 0 saturated carbocycles. The second-order valence-electron chi connectivity index (χ2n) is 4.63. The molecule has 120 valence electrons. The number of halogens is 1. The fourth-order valence-electron chi connectivity index (χ4n) is 1.57. The minimum Gasteiger partial charge on any atom is -0.389 e. The van der Waals surface area contributed by atoms with Crippen LogP contribution >= 0.6 is 11.6 Å². The average Bonchev–Trinajstić information content (AvgIpc) is 2.39. The molecule has 0 aromatic heterocycles. The van der Waals surface area contributed by atoms with Gasteiger partial charge in [-0.2, -0.15) is 0 Å². The Morgan fingerprint density at radius 1 is 1.33 bits per heavy atom. The van der Waals surface area contributed by atoms with Crippen LogP contribution in [0.4, 0.5) is 0 Å². The maximum Gasteiger partial charge on any atom is 0.208 e. The smallest absolute Gasteiger partial charge is 0.208 e. The van der Waals surface area contributed by atoms with Crippen LogP contribution in [0.25, 0.3) is 0 Å². The molecule has 0 aliphatic rings. The summed E-state index contributed by atoms with van der Waals surface area (Å²) in [7, 11) is -3.16. The van der Waals surface area contributed by atoms with Crippen molar-refractivity contribution in [2.75, 3.05) is 32.5 Å². The highest BCUT2D eigenvalue weighted by molar-refractivity contribution is 7.88. The molecule has 0 saturated heterocycles. The van der Waals surface area contributed by atoms with Gasteiger partial charge in [0.2, 0.25) is 10.0 Å². The van der Waals surface area contributed by atoms with Crippen molar-refractivity contribution >= 4 is 21.6 Å². The van der Waals surface area contributed by atoms with Crippen LogP contribution in [-0.4, -0.2) is 52.1 Å². The Bertz CT molecular complexity index is 525. The van der Waals surface area contributed by atoms with E-state index in [-0.39, 0.29) is 13.2 Å². The van der Waals surface area contributed by atoms with Gasteiger partial charge >= 0.3 is 0 Å². The number of benzene rings is 1. The molecule has 0 fully saturated rings. The highest BCUT2D eigenvalue weighted by Gasteiger charge is 2.05. The van der Waals surface area contributed by atoms with Crippen LogP contribution < -0.4 is 10.0 Å². The summed E-state index contributed by atoms with van der Waals surface area (Å²) in [6, 6.07) is 7.36. The molecular weight excluding hydrogens is 316 g/mol. The SMILES string of the molecule is CS(=O)(=O)NCCNCC(O)COCc1ccccc1Cl. The monoisotopic (exact) mass is 336 g/mol. The predicted molar refractivity (Wildman–Crippen MR) is 82.8 cm³/mol. The van der Waals surface area contributed by atoms with E-state index in [2.05, 4.69) is 10.0 Å². The van der Waals surface area contributed by atoms with E-state index in [0.29, 0.717) is 24.7 Å². The lowest BCUT2D eigenvalue weighted by molar-refractivity contribution is 0.0291. The fourth-order valence-corrected chi connectivity index (χ4v) is 2.24. The number of aliphatic hydroxyl groups excluding tert-OH is 1. The van der Waals surface area contributed by atoms with Crippen LogP contribution in [0.5, 0.6) is 0 Å². The molecule has 6 nitrogen and oxygen atoms in total. The van der Waals surface area contributed by atoms with Gasteiger partial charge in [0.1, 0.15) is 0 Å². The Morgan fingerprint density at radius 3 is 2.71 bits per heavy atom. The van der Waals surface area contributed by atoms with Crippen molar-refractivity contribution in [3.05, 3.63) is 34.9 Å². The molecule has 8 heteroatoms. The molecule has 0 bridgehead atoms. The van der Waals surface area contributed by atoms with Crippen LogP contribution in [-0.2, 0) is 21.4 Å². The standard InChI is InChI=1S/C13H21ClN2O4S/c1-21(18,19)16-7-6-15-8-12(17)10-20-9-11-4-2-3-5-13(11)14/h2-5,12,15-17H,6-10H2,1H3. The van der Waals surface area contributed by atoms with E-state index in [1.54, 1.807) is 6.07 Å². The molecule has 0 aliphatic heterocycles. The van der Waals surface area contributed by atoms with Crippen molar-refractivity contribution in [3.63, 3.8) is 0 Å². The first-order chi connectivity index (χ1) is 9.88. The summed E-state index contributed by atoms with van der Waals surface area (Å²) in [5.41, 5.74) is 0.872. The first-order valence-corrected chi connectivity index (χ1v) is 8.80. The van der Waals surface area contributed by atoms with Crippen molar-refractivity contribution < 1.29 is 18.3 Å². The van der Waals surface area contributed by atoms with Gasteiger partial charge in [0.25, 0.3) is 0 Å². The van der Waals surface area contributed by atoms with E-state index < -0.39 is 16.1 Å². The predicted octanol–water partition coefficient (Wildman–Crippen LogP) is 0.356. The summed E-state index contributed by atoms with van der Waals surface area (Å²) in [4.78, 5) is 0. The molecule has 1 unspecified atom stereocenters. The van der Waals surface area contributed by atoms with E-state index in [0.717, 1.165) is 11.8 Å². The lowest BCUT2D eigenvalue weighted by Crippen LogP contribution is -2.36. The number of rotatable bonds is 10. The van der Waals surface area contributed by atoms with Crippen molar-refractivity contribution in [1.29, 1.82) is 0 Å². The van der Waals surface area contributed by atoms with Gasteiger partial charge in [-0.05, 0) is 11.6 Å². The number of hydrogen-bond acceptors (Lipinski definition) is 5. The Labute approximate surface area is 130 Å². The zero-order valence-electron chi connectivity index (χ0n) is 11.9. The Kier molecular flexibility index (Phi) is 8.16. The molecule has 1 atom stereocenters. The third-order valence-electron chi connectivity index (χ3n) is 2.57. The summed E-state index contributed by atoms with van der Waals surface area (Å²) >= 11 is 5.98. The Morgan fingerprint density at radius 2 is 2.05 bits per heavy atom. The number of ether oxygens (including phenoxy) is 1. The molecule has 0 spiro atoms. The molecule has 0 aliphatic carbocycles. The number of sulfonamides is 1. The molecule has 1 aromatic carbocycles. The lowest BCUT2D eigenvalue weighted by atomic mass is 10.2. The first-order valence-electron chi connectivity index (χ1n) is 6.53. The summed E-state index contributed by atoms with van der Waals surface area (Å²) in [5, 5.41) is 13.3. The van der Waals surface area contributed by atoms with Crippen LogP contribution in [0.15, 0.2) is 24.3 Å². The summed E-state index contributed by atoms with van der Waals surface area (Å²) in [5.74, 6) is 0. The van der Waals surface area contributed by atoms with Gasteiger partial charge in [-0.3, -0.25) is 0 Å². The summed E-state index contributed by atoms with van der Waals surface area (Å²) in [6.45, 7) is 1.57.